The van der Waals surface area contributed by atoms with Gasteiger partial charge >= 0.3 is 5.97 Å². The molecule has 0 bridgehead atoms. The van der Waals surface area contributed by atoms with Gasteiger partial charge in [-0.05, 0) is 62.1 Å². The second-order valence-electron chi connectivity index (χ2n) is 7.85. The van der Waals surface area contributed by atoms with Gasteiger partial charge in [-0.1, -0.05) is 12.1 Å². The number of ether oxygens (including phenoxy) is 4. The number of carbonyl (C=O) groups excluding carboxylic acids is 1. The summed E-state index contributed by atoms with van der Waals surface area (Å²) >= 11 is 0. The maximum absolute atomic E-state index is 13.5. The molecule has 2 aromatic carbocycles. The van der Waals surface area contributed by atoms with Gasteiger partial charge in [0.1, 0.15) is 0 Å². The smallest absolute Gasteiger partial charge is 0.307 e. The van der Waals surface area contributed by atoms with Crippen LogP contribution in [-0.2, 0) is 22.4 Å². The largest absolute Gasteiger partial charge is 0.493 e. The molecule has 8 heteroatoms. The van der Waals surface area contributed by atoms with Crippen LogP contribution in [-0.4, -0.2) is 63.4 Å². The lowest BCUT2D eigenvalue weighted by Gasteiger charge is -2.29. The van der Waals surface area contributed by atoms with E-state index in [4.69, 9.17) is 18.9 Å². The van der Waals surface area contributed by atoms with Crippen LogP contribution >= 0.6 is 0 Å². The van der Waals surface area contributed by atoms with Gasteiger partial charge in [-0.15, -0.1) is 0 Å². The average molecular weight is 474 g/mol. The Balaban J connectivity index is 2.47. The van der Waals surface area contributed by atoms with E-state index in [9.17, 15) is 14.7 Å². The van der Waals surface area contributed by atoms with Gasteiger partial charge in [-0.3, -0.25) is 9.59 Å². The minimum atomic E-state index is -1.03. The van der Waals surface area contributed by atoms with Gasteiger partial charge in [0.2, 0.25) is 5.91 Å². The lowest BCUT2D eigenvalue weighted by Crippen LogP contribution is -2.42. The number of carboxylic acids is 1. The van der Waals surface area contributed by atoms with Crippen molar-refractivity contribution in [1.29, 1.82) is 0 Å². The highest BCUT2D eigenvalue weighted by molar-refractivity contribution is 5.85. The molecule has 0 heterocycles. The first kappa shape index (κ1) is 26.8. The summed E-state index contributed by atoms with van der Waals surface area (Å²) < 4.78 is 21.4. The molecule has 186 valence electrons. The summed E-state index contributed by atoms with van der Waals surface area (Å²) in [5, 5.41) is 10.2. The molecule has 0 saturated heterocycles. The van der Waals surface area contributed by atoms with Crippen molar-refractivity contribution in [3.63, 3.8) is 0 Å². The first-order chi connectivity index (χ1) is 16.3. The Bertz CT molecular complexity index is 972. The maximum Gasteiger partial charge on any atom is 0.307 e. The van der Waals surface area contributed by atoms with Crippen LogP contribution in [0.15, 0.2) is 36.4 Å². The number of carboxylic acid groups (broad SMARTS) is 1. The lowest BCUT2D eigenvalue weighted by atomic mass is 9.81. The number of hydrogen-bond donors (Lipinski definition) is 1. The zero-order valence-electron chi connectivity index (χ0n) is 20.8. The highest BCUT2D eigenvalue weighted by atomic mass is 16.5. The Labute approximate surface area is 201 Å². The zero-order valence-corrected chi connectivity index (χ0v) is 20.8. The fourth-order valence-electron chi connectivity index (χ4n) is 4.10. The Hall–Kier alpha value is -3.42. The molecule has 0 radical (unpaired) electrons. The highest BCUT2D eigenvalue weighted by Crippen LogP contribution is 2.33. The van der Waals surface area contributed by atoms with E-state index in [0.29, 0.717) is 36.1 Å². The normalized spacial score (nSPS) is 12.4. The molecule has 2 atom stereocenters. The fraction of sp³-hybridized carbons (Fsp3) is 0.462. The number of amides is 1. The molecular weight excluding hydrogens is 438 g/mol. The Morgan fingerprint density at radius 3 is 1.50 bits per heavy atom. The molecule has 1 N–H and O–H groups in total. The number of aliphatic carboxylic acids is 1. The standard InChI is InChI=1S/C26H35NO7/c1-7-27(8-2)25(28)19(13-17-9-11-21(31-3)23(15-17)33-5)20(26(29)30)14-18-10-12-22(32-4)24(16-18)34-6/h9-12,15-16,19-20H,7-8,13-14H2,1-6H3,(H,29,30)/t19-,20+/m1/s1. The van der Waals surface area contributed by atoms with Crippen molar-refractivity contribution >= 4 is 11.9 Å². The molecular formula is C26H35NO7. The van der Waals surface area contributed by atoms with Gasteiger partial charge in [-0.25, -0.2) is 0 Å². The summed E-state index contributed by atoms with van der Waals surface area (Å²) in [5.74, 6) is -0.773. The van der Waals surface area contributed by atoms with Crippen LogP contribution in [0, 0.1) is 11.8 Å². The quantitative estimate of drug-likeness (QED) is 0.474. The summed E-state index contributed by atoms with van der Waals surface area (Å²) in [6, 6.07) is 10.7. The predicted molar refractivity (Wildman–Crippen MR) is 129 cm³/mol. The first-order valence-corrected chi connectivity index (χ1v) is 11.3. The van der Waals surface area contributed by atoms with Crippen molar-refractivity contribution in [2.24, 2.45) is 11.8 Å². The number of carbonyl (C=O) groups is 2. The van der Waals surface area contributed by atoms with Crippen LogP contribution in [0.1, 0.15) is 25.0 Å². The molecule has 0 saturated carbocycles. The Kier molecular flexibility index (Phi) is 10.0. The molecule has 0 spiro atoms. The van der Waals surface area contributed by atoms with Gasteiger partial charge in [0.05, 0.1) is 40.3 Å². The van der Waals surface area contributed by atoms with Gasteiger partial charge in [0.15, 0.2) is 23.0 Å². The van der Waals surface area contributed by atoms with Gasteiger partial charge < -0.3 is 29.0 Å². The minimum absolute atomic E-state index is 0.167. The number of methoxy groups -OCH3 is 4. The van der Waals surface area contributed by atoms with E-state index in [0.717, 1.165) is 11.1 Å². The molecule has 0 fully saturated rings. The molecule has 8 nitrogen and oxygen atoms in total. The number of rotatable bonds is 13. The van der Waals surface area contributed by atoms with E-state index in [2.05, 4.69) is 0 Å². The molecule has 1 amide bonds. The molecule has 34 heavy (non-hydrogen) atoms. The van der Waals surface area contributed by atoms with Crippen molar-refractivity contribution in [2.75, 3.05) is 41.5 Å². The van der Waals surface area contributed by atoms with E-state index in [1.807, 2.05) is 19.9 Å². The van der Waals surface area contributed by atoms with E-state index >= 15 is 0 Å². The van der Waals surface area contributed by atoms with Crippen LogP contribution in [0.25, 0.3) is 0 Å². The van der Waals surface area contributed by atoms with Crippen LogP contribution < -0.4 is 18.9 Å². The Morgan fingerprint density at radius 1 is 0.735 bits per heavy atom. The van der Waals surface area contributed by atoms with Crippen molar-refractivity contribution in [2.45, 2.75) is 26.7 Å². The second-order valence-corrected chi connectivity index (χ2v) is 7.85. The third-order valence-corrected chi connectivity index (χ3v) is 6.00. The van der Waals surface area contributed by atoms with Crippen molar-refractivity contribution in [1.82, 2.24) is 4.90 Å². The summed E-state index contributed by atoms with van der Waals surface area (Å²) in [6.45, 7) is 4.78. The van der Waals surface area contributed by atoms with Crippen molar-refractivity contribution < 1.29 is 33.6 Å². The molecule has 0 unspecified atom stereocenters. The molecule has 0 aliphatic heterocycles. The number of hydrogen-bond acceptors (Lipinski definition) is 6. The van der Waals surface area contributed by atoms with Crippen LogP contribution in [0.4, 0.5) is 0 Å². The highest BCUT2D eigenvalue weighted by Gasteiger charge is 2.36. The molecule has 2 rings (SSSR count). The minimum Gasteiger partial charge on any atom is -0.493 e. The zero-order chi connectivity index (χ0) is 25.3. The van der Waals surface area contributed by atoms with Crippen LogP contribution in [0.2, 0.25) is 0 Å². The SMILES string of the molecule is CCN(CC)C(=O)[C@H](Cc1ccc(OC)c(OC)c1)[C@H](Cc1ccc(OC)c(OC)c1)C(=O)O. The predicted octanol–water partition coefficient (Wildman–Crippen LogP) is 3.69. The van der Waals surface area contributed by atoms with E-state index in [-0.39, 0.29) is 18.7 Å². The Morgan fingerprint density at radius 2 is 1.15 bits per heavy atom. The average Bonchev–Trinajstić information content (AvgIpc) is 2.86. The molecule has 0 aliphatic carbocycles. The summed E-state index contributed by atoms with van der Waals surface area (Å²) in [7, 11) is 6.16. The van der Waals surface area contributed by atoms with Gasteiger partial charge in [0.25, 0.3) is 0 Å². The molecule has 2 aromatic rings. The van der Waals surface area contributed by atoms with Crippen LogP contribution in [0.5, 0.6) is 23.0 Å². The number of benzene rings is 2. The summed E-state index contributed by atoms with van der Waals surface area (Å²) in [6.07, 6.45) is 0.417. The van der Waals surface area contributed by atoms with Crippen LogP contribution in [0.3, 0.4) is 0 Å². The van der Waals surface area contributed by atoms with Crippen molar-refractivity contribution in [3.05, 3.63) is 47.5 Å². The third kappa shape index (κ3) is 6.34. The molecule has 0 aromatic heterocycles. The van der Waals surface area contributed by atoms with E-state index in [1.54, 1.807) is 49.5 Å². The van der Waals surface area contributed by atoms with E-state index in [1.165, 1.54) is 14.2 Å². The maximum atomic E-state index is 13.5. The van der Waals surface area contributed by atoms with Gasteiger partial charge in [0, 0.05) is 13.1 Å². The van der Waals surface area contributed by atoms with Crippen molar-refractivity contribution in [3.8, 4) is 23.0 Å². The summed E-state index contributed by atoms with van der Waals surface area (Å²) in [5.41, 5.74) is 1.54. The van der Waals surface area contributed by atoms with E-state index < -0.39 is 17.8 Å². The topological polar surface area (TPSA) is 94.5 Å². The van der Waals surface area contributed by atoms with Gasteiger partial charge in [-0.2, -0.15) is 0 Å². The second kappa shape index (κ2) is 12.7. The summed E-state index contributed by atoms with van der Waals surface area (Å²) in [4.78, 5) is 27.7. The first-order valence-electron chi connectivity index (χ1n) is 11.3. The lowest BCUT2D eigenvalue weighted by molar-refractivity contribution is -0.150. The third-order valence-electron chi connectivity index (χ3n) is 6.00. The monoisotopic (exact) mass is 473 g/mol. The molecule has 0 aliphatic rings. The number of nitrogens with zero attached hydrogens (tertiary/aromatic N) is 1. The fourth-order valence-corrected chi connectivity index (χ4v) is 4.10.